The smallest absolute Gasteiger partial charge is 0.405 e. The van der Waals surface area contributed by atoms with Crippen molar-refractivity contribution in [3.05, 3.63) is 65.7 Å². The average Bonchev–Trinajstić information content (AvgIpc) is 2.99. The van der Waals surface area contributed by atoms with Crippen molar-refractivity contribution in [2.45, 2.75) is 31.8 Å². The third-order valence-corrected chi connectivity index (χ3v) is 5.18. The summed E-state index contributed by atoms with van der Waals surface area (Å²) in [5, 5.41) is 3.28. The number of imide groups is 1. The molecule has 0 saturated carbocycles. The van der Waals surface area contributed by atoms with Crippen LogP contribution < -0.4 is 15.5 Å². The summed E-state index contributed by atoms with van der Waals surface area (Å²) in [6.07, 6.45) is -4.58. The molecule has 1 unspecified atom stereocenters. The van der Waals surface area contributed by atoms with Gasteiger partial charge in [0.2, 0.25) is 0 Å². The monoisotopic (exact) mass is 464 g/mol. The van der Waals surface area contributed by atoms with Crippen molar-refractivity contribution in [2.75, 3.05) is 13.6 Å². The summed E-state index contributed by atoms with van der Waals surface area (Å²) in [5.74, 6) is -1.68. The van der Waals surface area contributed by atoms with Gasteiger partial charge in [0, 0.05) is 12.1 Å². The first-order valence-electron chi connectivity index (χ1n) is 10.1. The highest BCUT2D eigenvalue weighted by atomic mass is 19.4. The molecule has 8 nitrogen and oxygen atoms in total. The number of ether oxygens (including phenoxy) is 1. The van der Waals surface area contributed by atoms with E-state index >= 15 is 0 Å². The summed E-state index contributed by atoms with van der Waals surface area (Å²) in [4.78, 5) is 39.4. The number of carbonyl (C=O) groups excluding carboxylic acids is 3. The number of likely N-dealkylation sites (N-methyl/N-ethyl adjacent to an activating group) is 1. The van der Waals surface area contributed by atoms with Crippen molar-refractivity contribution in [1.29, 1.82) is 0 Å². The SMILES string of the molecule is CCC1(c2ccccc2)NC(=O)N(NC(=O)CN(C)Cc2ccccc2OC(F)(F)F)C1=O. The molecule has 1 aliphatic rings. The lowest BCUT2D eigenvalue weighted by Gasteiger charge is -2.25. The predicted molar refractivity (Wildman–Crippen MR) is 111 cm³/mol. The van der Waals surface area contributed by atoms with Crippen LogP contribution in [0.1, 0.15) is 24.5 Å². The van der Waals surface area contributed by atoms with Crippen LogP contribution in [0.15, 0.2) is 54.6 Å². The molecule has 0 bridgehead atoms. The highest BCUT2D eigenvalue weighted by Crippen LogP contribution is 2.31. The first-order valence-corrected chi connectivity index (χ1v) is 10.1. The Morgan fingerprint density at radius 1 is 1.12 bits per heavy atom. The molecule has 2 aromatic carbocycles. The van der Waals surface area contributed by atoms with E-state index in [-0.39, 0.29) is 30.8 Å². The largest absolute Gasteiger partial charge is 0.573 e. The number of nitrogens with zero attached hydrogens (tertiary/aromatic N) is 2. The van der Waals surface area contributed by atoms with Gasteiger partial charge in [-0.2, -0.15) is 5.01 Å². The molecule has 0 aromatic heterocycles. The highest BCUT2D eigenvalue weighted by molar-refractivity contribution is 6.08. The summed E-state index contributed by atoms with van der Waals surface area (Å²) in [5.41, 5.74) is 1.79. The van der Waals surface area contributed by atoms with Crippen LogP contribution in [0.25, 0.3) is 0 Å². The van der Waals surface area contributed by atoms with Crippen LogP contribution in [0.5, 0.6) is 5.75 Å². The maximum atomic E-state index is 13.1. The molecule has 2 aromatic rings. The molecule has 0 aliphatic carbocycles. The number of alkyl halides is 3. The summed E-state index contributed by atoms with van der Waals surface area (Å²) < 4.78 is 41.8. The predicted octanol–water partition coefficient (Wildman–Crippen LogP) is 2.91. The molecule has 1 saturated heterocycles. The summed E-state index contributed by atoms with van der Waals surface area (Å²) >= 11 is 0. The van der Waals surface area contributed by atoms with Crippen LogP contribution in [0, 0.1) is 0 Å². The molecule has 11 heteroatoms. The van der Waals surface area contributed by atoms with Gasteiger partial charge in [-0.25, -0.2) is 4.79 Å². The van der Waals surface area contributed by atoms with Crippen LogP contribution in [0.3, 0.4) is 0 Å². The zero-order valence-electron chi connectivity index (χ0n) is 18.0. The molecule has 3 rings (SSSR count). The average molecular weight is 464 g/mol. The van der Waals surface area contributed by atoms with Gasteiger partial charge in [-0.05, 0) is 25.1 Å². The maximum absolute atomic E-state index is 13.1. The molecule has 0 spiro atoms. The van der Waals surface area contributed by atoms with E-state index in [0.29, 0.717) is 10.6 Å². The molecule has 0 radical (unpaired) electrons. The van der Waals surface area contributed by atoms with Crippen LogP contribution in [0.2, 0.25) is 0 Å². The Hall–Kier alpha value is -3.60. The number of hydrazine groups is 1. The molecular weight excluding hydrogens is 441 g/mol. The van der Waals surface area contributed by atoms with Gasteiger partial charge in [0.1, 0.15) is 11.3 Å². The van der Waals surface area contributed by atoms with Gasteiger partial charge in [0.25, 0.3) is 11.8 Å². The number of benzene rings is 2. The Morgan fingerprint density at radius 2 is 1.76 bits per heavy atom. The molecule has 2 N–H and O–H groups in total. The van der Waals surface area contributed by atoms with Crippen molar-refractivity contribution in [3.8, 4) is 5.75 Å². The van der Waals surface area contributed by atoms with E-state index < -0.39 is 29.7 Å². The van der Waals surface area contributed by atoms with E-state index in [1.807, 2.05) is 0 Å². The molecular formula is C22H23F3N4O4. The first kappa shape index (κ1) is 24.1. The van der Waals surface area contributed by atoms with E-state index in [2.05, 4.69) is 15.5 Å². The van der Waals surface area contributed by atoms with Gasteiger partial charge in [-0.3, -0.25) is 19.9 Å². The fraction of sp³-hybridized carbons (Fsp3) is 0.318. The Balaban J connectivity index is 1.65. The van der Waals surface area contributed by atoms with E-state index in [9.17, 15) is 27.6 Å². The number of carbonyl (C=O) groups is 3. The summed E-state index contributed by atoms with van der Waals surface area (Å²) in [7, 11) is 1.51. The fourth-order valence-corrected chi connectivity index (χ4v) is 3.65. The minimum absolute atomic E-state index is 0.0390. The lowest BCUT2D eigenvalue weighted by atomic mass is 9.87. The first-order chi connectivity index (χ1) is 15.6. The van der Waals surface area contributed by atoms with Gasteiger partial charge in [0.05, 0.1) is 6.54 Å². The van der Waals surface area contributed by atoms with Crippen molar-refractivity contribution < 1.29 is 32.3 Å². The van der Waals surface area contributed by atoms with Gasteiger partial charge in [0.15, 0.2) is 0 Å². The lowest BCUT2D eigenvalue weighted by molar-refractivity contribution is -0.275. The van der Waals surface area contributed by atoms with Crippen molar-refractivity contribution in [2.24, 2.45) is 0 Å². The number of amides is 4. The Labute approximate surface area is 188 Å². The van der Waals surface area contributed by atoms with Gasteiger partial charge < -0.3 is 10.1 Å². The summed E-state index contributed by atoms with van der Waals surface area (Å²) in [6.45, 7) is 1.41. The summed E-state index contributed by atoms with van der Waals surface area (Å²) in [6, 6.07) is 13.5. The molecule has 33 heavy (non-hydrogen) atoms. The van der Waals surface area contributed by atoms with Crippen molar-refractivity contribution >= 4 is 17.8 Å². The van der Waals surface area contributed by atoms with Gasteiger partial charge >= 0.3 is 12.4 Å². The fourth-order valence-electron chi connectivity index (χ4n) is 3.65. The number of hydrogen-bond acceptors (Lipinski definition) is 5. The second-order valence-corrected chi connectivity index (χ2v) is 7.56. The standard InChI is InChI=1S/C22H23F3N4O4/c1-3-21(16-10-5-4-6-11-16)19(31)29(20(32)26-21)27-18(30)14-28(2)13-15-9-7-8-12-17(15)33-22(23,24)25/h4-12H,3,13-14H2,1-2H3,(H,26,32)(H,27,30). The minimum atomic E-state index is -4.85. The topological polar surface area (TPSA) is 91.0 Å². The third-order valence-electron chi connectivity index (χ3n) is 5.18. The Kier molecular flexibility index (Phi) is 6.92. The highest BCUT2D eigenvalue weighted by Gasteiger charge is 2.52. The van der Waals surface area contributed by atoms with E-state index in [4.69, 9.17) is 0 Å². The molecule has 176 valence electrons. The van der Waals surface area contributed by atoms with Crippen LogP contribution in [-0.2, 0) is 21.7 Å². The van der Waals surface area contributed by atoms with E-state index in [0.717, 1.165) is 0 Å². The zero-order chi connectivity index (χ0) is 24.2. The Morgan fingerprint density at radius 3 is 2.39 bits per heavy atom. The van der Waals surface area contributed by atoms with Gasteiger partial charge in [-0.1, -0.05) is 55.5 Å². The third kappa shape index (κ3) is 5.43. The van der Waals surface area contributed by atoms with E-state index in [1.165, 1.54) is 30.1 Å². The molecule has 1 aliphatic heterocycles. The number of hydrogen-bond donors (Lipinski definition) is 2. The second-order valence-electron chi connectivity index (χ2n) is 7.56. The van der Waals surface area contributed by atoms with Crippen LogP contribution in [-0.4, -0.2) is 47.7 Å². The molecule has 1 heterocycles. The molecule has 4 amide bonds. The Bertz CT molecular complexity index is 1030. The van der Waals surface area contributed by atoms with Crippen LogP contribution in [0.4, 0.5) is 18.0 Å². The number of para-hydroxylation sites is 1. The minimum Gasteiger partial charge on any atom is -0.405 e. The normalized spacial score (nSPS) is 18.4. The van der Waals surface area contributed by atoms with Crippen LogP contribution >= 0.6 is 0 Å². The van der Waals surface area contributed by atoms with Gasteiger partial charge in [-0.15, -0.1) is 13.2 Å². The van der Waals surface area contributed by atoms with Crippen molar-refractivity contribution in [1.82, 2.24) is 20.7 Å². The number of urea groups is 1. The number of nitrogens with one attached hydrogen (secondary N) is 2. The quantitative estimate of drug-likeness (QED) is 0.587. The zero-order valence-corrected chi connectivity index (χ0v) is 18.0. The molecule has 1 fully saturated rings. The molecule has 1 atom stereocenters. The maximum Gasteiger partial charge on any atom is 0.573 e. The second kappa shape index (κ2) is 9.49. The number of halogens is 3. The van der Waals surface area contributed by atoms with Crippen molar-refractivity contribution in [3.63, 3.8) is 0 Å². The van der Waals surface area contributed by atoms with E-state index in [1.54, 1.807) is 43.3 Å². The lowest BCUT2D eigenvalue weighted by Crippen LogP contribution is -2.50. The number of rotatable bonds is 8.